The summed E-state index contributed by atoms with van der Waals surface area (Å²) in [6.45, 7) is 3.51. The van der Waals surface area contributed by atoms with E-state index in [0.717, 1.165) is 29.1 Å². The molecule has 1 aliphatic heterocycles. The highest BCUT2D eigenvalue weighted by atomic mass is 16.5. The number of amides is 1. The molecule has 0 aliphatic carbocycles. The van der Waals surface area contributed by atoms with Gasteiger partial charge in [0.2, 0.25) is 5.91 Å². The normalized spacial score (nSPS) is 16.9. The number of anilines is 1. The molecule has 6 nitrogen and oxygen atoms in total. The van der Waals surface area contributed by atoms with Gasteiger partial charge in [-0.25, -0.2) is 4.98 Å². The standard InChI is InChI=1S/C21H23N3O3/c1-4-23-17-8-6-5-7-16(17)22-21(23)14-11-20(25)24(13-14)18-12-15(26-2)9-10-19(18)27-3/h5-10,12,14H,4,11,13H2,1-3H3/t14-/m1/s1. The van der Waals surface area contributed by atoms with Crippen molar-refractivity contribution in [2.24, 2.45) is 0 Å². The molecule has 0 N–H and O–H groups in total. The summed E-state index contributed by atoms with van der Waals surface area (Å²) >= 11 is 0. The van der Waals surface area contributed by atoms with E-state index in [-0.39, 0.29) is 11.8 Å². The molecule has 27 heavy (non-hydrogen) atoms. The van der Waals surface area contributed by atoms with Gasteiger partial charge < -0.3 is 18.9 Å². The van der Waals surface area contributed by atoms with Crippen LogP contribution < -0.4 is 14.4 Å². The van der Waals surface area contributed by atoms with E-state index < -0.39 is 0 Å². The fraction of sp³-hybridized carbons (Fsp3) is 0.333. The van der Waals surface area contributed by atoms with Crippen LogP contribution in [0.15, 0.2) is 42.5 Å². The molecule has 140 valence electrons. The lowest BCUT2D eigenvalue weighted by Crippen LogP contribution is -2.25. The van der Waals surface area contributed by atoms with Gasteiger partial charge in [-0.3, -0.25) is 4.79 Å². The third-order valence-corrected chi connectivity index (χ3v) is 5.17. The molecule has 1 fully saturated rings. The number of rotatable bonds is 5. The molecule has 4 rings (SSSR count). The van der Waals surface area contributed by atoms with Crippen LogP contribution in [-0.2, 0) is 11.3 Å². The Morgan fingerprint density at radius 2 is 1.96 bits per heavy atom. The van der Waals surface area contributed by atoms with Gasteiger partial charge in [-0.2, -0.15) is 0 Å². The zero-order chi connectivity index (χ0) is 19.0. The van der Waals surface area contributed by atoms with Crippen LogP contribution in [0.5, 0.6) is 11.5 Å². The van der Waals surface area contributed by atoms with Gasteiger partial charge in [-0.05, 0) is 31.2 Å². The number of methoxy groups -OCH3 is 2. The third kappa shape index (κ3) is 2.91. The Morgan fingerprint density at radius 3 is 2.70 bits per heavy atom. The molecule has 1 saturated heterocycles. The maximum atomic E-state index is 12.8. The Bertz CT molecular complexity index is 996. The van der Waals surface area contributed by atoms with E-state index >= 15 is 0 Å². The molecule has 0 spiro atoms. The Kier molecular flexibility index (Phi) is 4.48. The lowest BCUT2D eigenvalue weighted by Gasteiger charge is -2.20. The van der Waals surface area contributed by atoms with Crippen molar-refractivity contribution in [3.05, 3.63) is 48.3 Å². The van der Waals surface area contributed by atoms with Gasteiger partial charge in [-0.1, -0.05) is 12.1 Å². The Labute approximate surface area is 158 Å². The number of fused-ring (bicyclic) bond motifs is 1. The molecule has 0 unspecified atom stereocenters. The second-order valence-electron chi connectivity index (χ2n) is 6.65. The van der Waals surface area contributed by atoms with Gasteiger partial charge >= 0.3 is 0 Å². The predicted octanol–water partition coefficient (Wildman–Crippen LogP) is 3.59. The lowest BCUT2D eigenvalue weighted by molar-refractivity contribution is -0.117. The number of aromatic nitrogens is 2. The van der Waals surface area contributed by atoms with Crippen molar-refractivity contribution in [1.82, 2.24) is 9.55 Å². The number of carbonyl (C=O) groups excluding carboxylic acids is 1. The molecule has 2 heterocycles. The van der Waals surface area contributed by atoms with Crippen LogP contribution in [0.3, 0.4) is 0 Å². The largest absolute Gasteiger partial charge is 0.497 e. The molecule has 1 amide bonds. The third-order valence-electron chi connectivity index (χ3n) is 5.17. The van der Waals surface area contributed by atoms with Gasteiger partial charge in [0.05, 0.1) is 30.9 Å². The van der Waals surface area contributed by atoms with Crippen molar-refractivity contribution >= 4 is 22.6 Å². The van der Waals surface area contributed by atoms with Gasteiger partial charge in [0.25, 0.3) is 0 Å². The Hall–Kier alpha value is -3.02. The van der Waals surface area contributed by atoms with E-state index in [9.17, 15) is 4.79 Å². The second kappa shape index (κ2) is 6.95. The quantitative estimate of drug-likeness (QED) is 0.693. The smallest absolute Gasteiger partial charge is 0.227 e. The minimum atomic E-state index is 0.0424. The number of carbonyl (C=O) groups is 1. The van der Waals surface area contributed by atoms with Crippen molar-refractivity contribution in [2.45, 2.75) is 25.8 Å². The first-order chi connectivity index (χ1) is 13.2. The van der Waals surface area contributed by atoms with Gasteiger partial charge in [0, 0.05) is 31.5 Å². The maximum absolute atomic E-state index is 12.8. The number of aryl methyl sites for hydroxylation is 1. The minimum Gasteiger partial charge on any atom is -0.497 e. The SMILES string of the molecule is CCn1c([C@@H]2CC(=O)N(c3cc(OC)ccc3OC)C2)nc2ccccc21. The van der Waals surface area contributed by atoms with Gasteiger partial charge in [0.1, 0.15) is 17.3 Å². The van der Waals surface area contributed by atoms with Crippen molar-refractivity contribution in [2.75, 3.05) is 25.7 Å². The van der Waals surface area contributed by atoms with E-state index in [1.54, 1.807) is 19.1 Å². The number of benzene rings is 2. The first kappa shape index (κ1) is 17.4. The van der Waals surface area contributed by atoms with Crippen molar-refractivity contribution in [3.63, 3.8) is 0 Å². The van der Waals surface area contributed by atoms with E-state index in [2.05, 4.69) is 17.6 Å². The summed E-state index contributed by atoms with van der Waals surface area (Å²) in [5, 5.41) is 0. The van der Waals surface area contributed by atoms with Crippen molar-refractivity contribution < 1.29 is 14.3 Å². The molecular formula is C21H23N3O3. The molecule has 0 bridgehead atoms. The van der Waals surface area contributed by atoms with E-state index in [1.807, 2.05) is 36.4 Å². The van der Waals surface area contributed by atoms with Crippen LogP contribution in [0, 0.1) is 0 Å². The van der Waals surface area contributed by atoms with E-state index in [4.69, 9.17) is 14.5 Å². The molecule has 2 aromatic carbocycles. The minimum absolute atomic E-state index is 0.0424. The van der Waals surface area contributed by atoms with Crippen molar-refractivity contribution in [3.8, 4) is 11.5 Å². The van der Waals surface area contributed by atoms with Crippen LogP contribution >= 0.6 is 0 Å². The zero-order valence-electron chi connectivity index (χ0n) is 15.8. The highest BCUT2D eigenvalue weighted by Crippen LogP contribution is 2.38. The molecule has 1 atom stereocenters. The number of ether oxygens (including phenoxy) is 2. The van der Waals surface area contributed by atoms with Gasteiger partial charge in [0.15, 0.2) is 0 Å². The average Bonchev–Trinajstić information content (AvgIpc) is 3.27. The summed E-state index contributed by atoms with van der Waals surface area (Å²) in [6, 6.07) is 13.6. The maximum Gasteiger partial charge on any atom is 0.227 e. The monoisotopic (exact) mass is 365 g/mol. The molecule has 0 saturated carbocycles. The summed E-state index contributed by atoms with van der Waals surface area (Å²) in [5.41, 5.74) is 2.82. The zero-order valence-corrected chi connectivity index (χ0v) is 15.8. The Balaban J connectivity index is 1.71. The van der Waals surface area contributed by atoms with Crippen LogP contribution in [0.1, 0.15) is 25.1 Å². The molecule has 0 radical (unpaired) electrons. The second-order valence-corrected chi connectivity index (χ2v) is 6.65. The van der Waals surface area contributed by atoms with E-state index in [0.29, 0.717) is 24.5 Å². The van der Waals surface area contributed by atoms with Gasteiger partial charge in [-0.15, -0.1) is 0 Å². The predicted molar refractivity (Wildman–Crippen MR) is 105 cm³/mol. The first-order valence-electron chi connectivity index (χ1n) is 9.13. The topological polar surface area (TPSA) is 56.6 Å². The number of hydrogen-bond donors (Lipinski definition) is 0. The summed E-state index contributed by atoms with van der Waals surface area (Å²) in [5.74, 6) is 2.44. The highest BCUT2D eigenvalue weighted by Gasteiger charge is 2.36. The van der Waals surface area contributed by atoms with E-state index in [1.165, 1.54) is 0 Å². The summed E-state index contributed by atoms with van der Waals surface area (Å²) in [6.07, 6.45) is 0.434. The highest BCUT2D eigenvalue weighted by molar-refractivity contribution is 5.98. The molecule has 1 aliphatic rings. The molecule has 6 heteroatoms. The average molecular weight is 365 g/mol. The Morgan fingerprint density at radius 1 is 1.15 bits per heavy atom. The number of hydrogen-bond acceptors (Lipinski definition) is 4. The molecule has 1 aromatic heterocycles. The summed E-state index contributed by atoms with van der Waals surface area (Å²) in [7, 11) is 3.23. The molecular weight excluding hydrogens is 342 g/mol. The summed E-state index contributed by atoms with van der Waals surface area (Å²) < 4.78 is 13.0. The fourth-order valence-corrected chi connectivity index (χ4v) is 3.86. The number of nitrogens with zero attached hydrogens (tertiary/aromatic N) is 3. The number of imidazole rings is 1. The van der Waals surface area contributed by atoms with Crippen LogP contribution in [0.4, 0.5) is 5.69 Å². The van der Waals surface area contributed by atoms with Crippen LogP contribution in [0.2, 0.25) is 0 Å². The number of para-hydroxylation sites is 2. The molecule has 3 aromatic rings. The lowest BCUT2D eigenvalue weighted by atomic mass is 10.1. The van der Waals surface area contributed by atoms with Crippen molar-refractivity contribution in [1.29, 1.82) is 0 Å². The summed E-state index contributed by atoms with van der Waals surface area (Å²) in [4.78, 5) is 19.4. The first-order valence-corrected chi connectivity index (χ1v) is 9.13. The van der Waals surface area contributed by atoms with Crippen LogP contribution in [-0.4, -0.2) is 36.2 Å². The fourth-order valence-electron chi connectivity index (χ4n) is 3.86. The van der Waals surface area contributed by atoms with Crippen LogP contribution in [0.25, 0.3) is 11.0 Å².